The molecule has 1 saturated carbocycles. The number of benzene rings is 1. The van der Waals surface area contributed by atoms with Gasteiger partial charge in [-0.3, -0.25) is 0 Å². The molecule has 1 aromatic carbocycles. The van der Waals surface area contributed by atoms with Crippen molar-refractivity contribution in [2.45, 2.75) is 50.8 Å². The Labute approximate surface area is 102 Å². The quantitative estimate of drug-likeness (QED) is 0.842. The van der Waals surface area contributed by atoms with Crippen molar-refractivity contribution in [3.8, 4) is 0 Å². The molecule has 0 bridgehead atoms. The van der Waals surface area contributed by atoms with Crippen LogP contribution in [0.25, 0.3) is 0 Å². The van der Waals surface area contributed by atoms with Crippen molar-refractivity contribution in [1.29, 1.82) is 0 Å². The standard InChI is InChI=1S/C14H20FNO/c1-10(16-13-7-4-8-14(13)17)9-11-5-2-3-6-12(11)15/h2-3,5-6,10,13-14,16-17H,4,7-9H2,1H3/t10-,13-,14-/m1/s1. The van der Waals surface area contributed by atoms with Crippen LogP contribution in [0.1, 0.15) is 31.7 Å². The third kappa shape index (κ3) is 3.27. The first kappa shape index (κ1) is 12.5. The average molecular weight is 237 g/mol. The predicted octanol–water partition coefficient (Wildman–Crippen LogP) is 2.26. The molecule has 0 spiro atoms. The SMILES string of the molecule is C[C@H](Cc1ccccc1F)N[C@@H]1CCC[C@H]1O. The smallest absolute Gasteiger partial charge is 0.126 e. The molecule has 1 fully saturated rings. The van der Waals surface area contributed by atoms with Gasteiger partial charge in [-0.2, -0.15) is 0 Å². The van der Waals surface area contributed by atoms with Crippen LogP contribution in [0.4, 0.5) is 4.39 Å². The first-order valence-corrected chi connectivity index (χ1v) is 6.34. The van der Waals surface area contributed by atoms with Crippen molar-refractivity contribution in [2.75, 3.05) is 0 Å². The van der Waals surface area contributed by atoms with Crippen LogP contribution in [0.2, 0.25) is 0 Å². The molecule has 0 aliphatic heterocycles. The first-order valence-electron chi connectivity index (χ1n) is 6.34. The first-order chi connectivity index (χ1) is 8.16. The second kappa shape index (κ2) is 5.61. The van der Waals surface area contributed by atoms with Gasteiger partial charge in [0.25, 0.3) is 0 Å². The van der Waals surface area contributed by atoms with Crippen molar-refractivity contribution in [1.82, 2.24) is 5.32 Å². The highest BCUT2D eigenvalue weighted by Gasteiger charge is 2.26. The van der Waals surface area contributed by atoms with Gasteiger partial charge in [-0.1, -0.05) is 18.2 Å². The van der Waals surface area contributed by atoms with Crippen molar-refractivity contribution in [3.63, 3.8) is 0 Å². The van der Waals surface area contributed by atoms with E-state index in [9.17, 15) is 9.50 Å². The largest absolute Gasteiger partial charge is 0.392 e. The van der Waals surface area contributed by atoms with E-state index in [2.05, 4.69) is 5.32 Å². The van der Waals surface area contributed by atoms with Crippen LogP contribution in [-0.2, 0) is 6.42 Å². The van der Waals surface area contributed by atoms with Gasteiger partial charge in [0.15, 0.2) is 0 Å². The summed E-state index contributed by atoms with van der Waals surface area (Å²) in [4.78, 5) is 0. The van der Waals surface area contributed by atoms with E-state index in [1.165, 1.54) is 6.07 Å². The van der Waals surface area contributed by atoms with Crippen LogP contribution in [0, 0.1) is 5.82 Å². The number of aliphatic hydroxyl groups is 1. The van der Waals surface area contributed by atoms with Crippen LogP contribution in [-0.4, -0.2) is 23.3 Å². The van der Waals surface area contributed by atoms with Gasteiger partial charge < -0.3 is 10.4 Å². The van der Waals surface area contributed by atoms with E-state index >= 15 is 0 Å². The highest BCUT2D eigenvalue weighted by Crippen LogP contribution is 2.20. The lowest BCUT2D eigenvalue weighted by atomic mass is 10.1. The number of rotatable bonds is 4. The molecule has 0 radical (unpaired) electrons. The van der Waals surface area contributed by atoms with Gasteiger partial charge in [-0.05, 0) is 44.2 Å². The van der Waals surface area contributed by atoms with Crippen LogP contribution in [0.5, 0.6) is 0 Å². The minimum Gasteiger partial charge on any atom is -0.392 e. The molecule has 2 N–H and O–H groups in total. The Morgan fingerprint density at radius 3 is 2.82 bits per heavy atom. The number of hydrogen-bond acceptors (Lipinski definition) is 2. The number of halogens is 1. The molecule has 3 heteroatoms. The predicted molar refractivity (Wildman–Crippen MR) is 66.3 cm³/mol. The molecule has 2 nitrogen and oxygen atoms in total. The summed E-state index contributed by atoms with van der Waals surface area (Å²) in [6.45, 7) is 2.04. The fourth-order valence-electron chi connectivity index (χ4n) is 2.55. The zero-order chi connectivity index (χ0) is 12.3. The van der Waals surface area contributed by atoms with E-state index in [1.807, 2.05) is 19.1 Å². The van der Waals surface area contributed by atoms with Gasteiger partial charge in [0, 0.05) is 12.1 Å². The van der Waals surface area contributed by atoms with Crippen LogP contribution < -0.4 is 5.32 Å². The molecule has 17 heavy (non-hydrogen) atoms. The van der Waals surface area contributed by atoms with Gasteiger partial charge in [0.1, 0.15) is 5.82 Å². The summed E-state index contributed by atoms with van der Waals surface area (Å²) >= 11 is 0. The fourth-order valence-corrected chi connectivity index (χ4v) is 2.55. The molecule has 0 aromatic heterocycles. The van der Waals surface area contributed by atoms with Crippen molar-refractivity contribution < 1.29 is 9.50 Å². The third-order valence-electron chi connectivity index (χ3n) is 3.46. The summed E-state index contributed by atoms with van der Waals surface area (Å²) in [5.41, 5.74) is 0.736. The summed E-state index contributed by atoms with van der Waals surface area (Å²) < 4.78 is 13.5. The summed E-state index contributed by atoms with van der Waals surface area (Å²) in [5, 5.41) is 13.1. The van der Waals surface area contributed by atoms with Crippen LogP contribution in [0.3, 0.4) is 0 Å². The highest BCUT2D eigenvalue weighted by molar-refractivity contribution is 5.18. The van der Waals surface area contributed by atoms with Crippen LogP contribution in [0.15, 0.2) is 24.3 Å². The zero-order valence-corrected chi connectivity index (χ0v) is 10.2. The zero-order valence-electron chi connectivity index (χ0n) is 10.2. The van der Waals surface area contributed by atoms with E-state index in [4.69, 9.17) is 0 Å². The van der Waals surface area contributed by atoms with E-state index in [-0.39, 0.29) is 24.0 Å². The Balaban J connectivity index is 1.89. The Hall–Kier alpha value is -0.930. The second-order valence-corrected chi connectivity index (χ2v) is 4.97. The number of nitrogens with one attached hydrogen (secondary N) is 1. The Bertz CT molecular complexity index is 369. The fraction of sp³-hybridized carbons (Fsp3) is 0.571. The second-order valence-electron chi connectivity index (χ2n) is 4.97. The minimum atomic E-state index is -0.238. The molecule has 94 valence electrons. The Morgan fingerprint density at radius 1 is 1.41 bits per heavy atom. The molecule has 1 aromatic rings. The molecular weight excluding hydrogens is 217 g/mol. The maximum Gasteiger partial charge on any atom is 0.126 e. The maximum absolute atomic E-state index is 13.5. The normalized spacial score (nSPS) is 26.1. The van der Waals surface area contributed by atoms with Crippen LogP contribution >= 0.6 is 0 Å². The van der Waals surface area contributed by atoms with Crippen molar-refractivity contribution >= 4 is 0 Å². The topological polar surface area (TPSA) is 32.3 Å². The molecule has 0 unspecified atom stereocenters. The van der Waals surface area contributed by atoms with Gasteiger partial charge in [-0.15, -0.1) is 0 Å². The molecule has 0 heterocycles. The summed E-state index contributed by atoms with van der Waals surface area (Å²) in [6.07, 6.45) is 3.40. The van der Waals surface area contributed by atoms with E-state index < -0.39 is 0 Å². The van der Waals surface area contributed by atoms with E-state index in [0.29, 0.717) is 6.42 Å². The monoisotopic (exact) mass is 237 g/mol. The molecule has 1 aliphatic carbocycles. The molecule has 0 amide bonds. The number of aliphatic hydroxyl groups excluding tert-OH is 1. The van der Waals surface area contributed by atoms with Gasteiger partial charge in [-0.25, -0.2) is 4.39 Å². The number of hydrogen-bond donors (Lipinski definition) is 2. The van der Waals surface area contributed by atoms with Gasteiger partial charge >= 0.3 is 0 Å². The summed E-state index contributed by atoms with van der Waals surface area (Å²) in [5.74, 6) is -0.145. The lowest BCUT2D eigenvalue weighted by molar-refractivity contribution is 0.144. The lowest BCUT2D eigenvalue weighted by Crippen LogP contribution is -2.42. The lowest BCUT2D eigenvalue weighted by Gasteiger charge is -2.22. The molecular formula is C14H20FNO. The molecule has 3 atom stereocenters. The van der Waals surface area contributed by atoms with Crippen molar-refractivity contribution in [2.24, 2.45) is 0 Å². The average Bonchev–Trinajstić information content (AvgIpc) is 2.68. The summed E-state index contributed by atoms with van der Waals surface area (Å²) in [7, 11) is 0. The van der Waals surface area contributed by atoms with E-state index in [1.54, 1.807) is 6.07 Å². The third-order valence-corrected chi connectivity index (χ3v) is 3.46. The maximum atomic E-state index is 13.5. The van der Waals surface area contributed by atoms with E-state index in [0.717, 1.165) is 24.8 Å². The van der Waals surface area contributed by atoms with Crippen molar-refractivity contribution in [3.05, 3.63) is 35.6 Å². The van der Waals surface area contributed by atoms with Gasteiger partial charge in [0.05, 0.1) is 6.10 Å². The minimum absolute atomic E-state index is 0.145. The Kier molecular flexibility index (Phi) is 4.13. The molecule has 1 aliphatic rings. The highest BCUT2D eigenvalue weighted by atomic mass is 19.1. The Morgan fingerprint density at radius 2 is 2.18 bits per heavy atom. The summed E-state index contributed by atoms with van der Waals surface area (Å²) in [6, 6.07) is 7.24. The molecule has 0 saturated heterocycles. The molecule has 2 rings (SSSR count). The van der Waals surface area contributed by atoms with Gasteiger partial charge in [0.2, 0.25) is 0 Å².